The predicted molar refractivity (Wildman–Crippen MR) is 58.6 cm³/mol. The van der Waals surface area contributed by atoms with Crippen molar-refractivity contribution in [1.82, 2.24) is 9.78 Å². The number of nitrogens with zero attached hydrogens (tertiary/aromatic N) is 2. The fourth-order valence-corrected chi connectivity index (χ4v) is 2.04. The van der Waals surface area contributed by atoms with Gasteiger partial charge in [0.15, 0.2) is 6.23 Å². The van der Waals surface area contributed by atoms with E-state index in [2.05, 4.69) is 12.0 Å². The van der Waals surface area contributed by atoms with E-state index in [0.717, 1.165) is 38.8 Å². The number of aryl methyl sites for hydroxylation is 1. The Hall–Kier alpha value is -0.870. The zero-order valence-corrected chi connectivity index (χ0v) is 9.28. The SMILES string of the molecule is Cc1c(CCCN)cnn1C1CCCO1. The third kappa shape index (κ3) is 2.21. The molecule has 0 bridgehead atoms. The van der Waals surface area contributed by atoms with E-state index < -0.39 is 0 Å². The number of nitrogens with two attached hydrogens (primary N) is 1. The molecule has 0 aromatic carbocycles. The second-order valence-corrected chi connectivity index (χ2v) is 4.06. The minimum absolute atomic E-state index is 0.164. The summed E-state index contributed by atoms with van der Waals surface area (Å²) in [5.74, 6) is 0. The Morgan fingerprint density at radius 3 is 3.20 bits per heavy atom. The van der Waals surface area contributed by atoms with Crippen LogP contribution in [0.1, 0.15) is 36.7 Å². The van der Waals surface area contributed by atoms with E-state index >= 15 is 0 Å². The van der Waals surface area contributed by atoms with Crippen molar-refractivity contribution in [3.63, 3.8) is 0 Å². The lowest BCUT2D eigenvalue weighted by Gasteiger charge is -2.12. The quantitative estimate of drug-likeness (QED) is 0.815. The lowest BCUT2D eigenvalue weighted by Crippen LogP contribution is -2.11. The second kappa shape index (κ2) is 4.77. The molecule has 84 valence electrons. The van der Waals surface area contributed by atoms with Crippen LogP contribution in [0.25, 0.3) is 0 Å². The predicted octanol–water partition coefficient (Wildman–Crippen LogP) is 1.39. The summed E-state index contributed by atoms with van der Waals surface area (Å²) >= 11 is 0. The average Bonchev–Trinajstić information content (AvgIpc) is 2.84. The molecular formula is C11H19N3O. The van der Waals surface area contributed by atoms with Gasteiger partial charge in [0.1, 0.15) is 0 Å². The average molecular weight is 209 g/mol. The smallest absolute Gasteiger partial charge is 0.150 e. The van der Waals surface area contributed by atoms with Gasteiger partial charge >= 0.3 is 0 Å². The molecule has 1 aromatic rings. The van der Waals surface area contributed by atoms with Crippen LogP contribution in [0, 0.1) is 6.92 Å². The van der Waals surface area contributed by atoms with E-state index in [1.165, 1.54) is 11.3 Å². The fourth-order valence-electron chi connectivity index (χ4n) is 2.04. The largest absolute Gasteiger partial charge is 0.357 e. The molecule has 0 radical (unpaired) electrons. The molecule has 1 unspecified atom stereocenters. The molecular weight excluding hydrogens is 190 g/mol. The lowest BCUT2D eigenvalue weighted by molar-refractivity contribution is 0.0451. The molecule has 0 saturated carbocycles. The summed E-state index contributed by atoms with van der Waals surface area (Å²) in [6.45, 7) is 3.72. The Morgan fingerprint density at radius 2 is 2.53 bits per heavy atom. The lowest BCUT2D eigenvalue weighted by atomic mass is 10.1. The molecule has 2 heterocycles. The second-order valence-electron chi connectivity index (χ2n) is 4.06. The van der Waals surface area contributed by atoms with Crippen LogP contribution in [-0.2, 0) is 11.2 Å². The first-order valence-electron chi connectivity index (χ1n) is 5.67. The molecule has 15 heavy (non-hydrogen) atoms. The number of ether oxygens (including phenoxy) is 1. The Kier molecular flexibility index (Phi) is 3.38. The highest BCUT2D eigenvalue weighted by Gasteiger charge is 2.20. The normalized spacial score (nSPS) is 21.1. The minimum Gasteiger partial charge on any atom is -0.357 e. The molecule has 1 atom stereocenters. The molecule has 1 aromatic heterocycles. The van der Waals surface area contributed by atoms with Crippen LogP contribution in [0.15, 0.2) is 6.20 Å². The van der Waals surface area contributed by atoms with E-state index in [-0.39, 0.29) is 6.23 Å². The zero-order chi connectivity index (χ0) is 10.7. The van der Waals surface area contributed by atoms with Gasteiger partial charge in [0.05, 0.1) is 6.20 Å². The van der Waals surface area contributed by atoms with Gasteiger partial charge in [0.25, 0.3) is 0 Å². The van der Waals surface area contributed by atoms with Crippen molar-refractivity contribution in [2.24, 2.45) is 5.73 Å². The van der Waals surface area contributed by atoms with E-state index in [4.69, 9.17) is 10.5 Å². The molecule has 4 nitrogen and oxygen atoms in total. The van der Waals surface area contributed by atoms with E-state index in [1.807, 2.05) is 10.9 Å². The summed E-state index contributed by atoms with van der Waals surface area (Å²) in [7, 11) is 0. The minimum atomic E-state index is 0.164. The molecule has 4 heteroatoms. The van der Waals surface area contributed by atoms with Crippen molar-refractivity contribution >= 4 is 0 Å². The van der Waals surface area contributed by atoms with Gasteiger partial charge in [-0.3, -0.25) is 0 Å². The van der Waals surface area contributed by atoms with Crippen molar-refractivity contribution < 1.29 is 4.74 Å². The van der Waals surface area contributed by atoms with Crippen LogP contribution in [0.2, 0.25) is 0 Å². The maximum absolute atomic E-state index is 5.61. The van der Waals surface area contributed by atoms with Gasteiger partial charge in [-0.05, 0) is 44.7 Å². The number of aromatic nitrogens is 2. The first kappa shape index (κ1) is 10.6. The van der Waals surface area contributed by atoms with Crippen LogP contribution in [0.4, 0.5) is 0 Å². The van der Waals surface area contributed by atoms with Crippen LogP contribution in [-0.4, -0.2) is 22.9 Å². The molecule has 0 spiro atoms. The van der Waals surface area contributed by atoms with Gasteiger partial charge in [0.2, 0.25) is 0 Å². The first-order valence-corrected chi connectivity index (χ1v) is 5.67. The molecule has 2 rings (SSSR count). The first-order chi connectivity index (χ1) is 7.33. The molecule has 0 aliphatic carbocycles. The standard InChI is InChI=1S/C11H19N3O/c1-9-10(4-2-6-12)8-13-14(9)11-5-3-7-15-11/h8,11H,2-7,12H2,1H3. The highest BCUT2D eigenvalue weighted by atomic mass is 16.5. The molecule has 1 aliphatic rings. The Labute approximate surface area is 90.4 Å². The van der Waals surface area contributed by atoms with Crippen molar-refractivity contribution in [2.45, 2.75) is 38.8 Å². The summed E-state index contributed by atoms with van der Waals surface area (Å²) in [6.07, 6.45) is 6.39. The third-order valence-corrected chi connectivity index (χ3v) is 2.98. The van der Waals surface area contributed by atoms with Crippen LogP contribution in [0.5, 0.6) is 0 Å². The maximum Gasteiger partial charge on any atom is 0.150 e. The third-order valence-electron chi connectivity index (χ3n) is 2.98. The molecule has 1 saturated heterocycles. The highest BCUT2D eigenvalue weighted by molar-refractivity contribution is 5.16. The van der Waals surface area contributed by atoms with Crippen molar-refractivity contribution in [2.75, 3.05) is 13.2 Å². The van der Waals surface area contributed by atoms with Crippen LogP contribution >= 0.6 is 0 Å². The summed E-state index contributed by atoms with van der Waals surface area (Å²) in [5.41, 5.74) is 8.04. The number of hydrogen-bond donors (Lipinski definition) is 1. The van der Waals surface area contributed by atoms with Gasteiger partial charge in [-0.15, -0.1) is 0 Å². The van der Waals surface area contributed by atoms with E-state index in [9.17, 15) is 0 Å². The molecule has 1 fully saturated rings. The van der Waals surface area contributed by atoms with Crippen LogP contribution < -0.4 is 5.73 Å². The molecule has 0 amide bonds. The van der Waals surface area contributed by atoms with Gasteiger partial charge in [-0.1, -0.05) is 0 Å². The Morgan fingerprint density at radius 1 is 1.67 bits per heavy atom. The number of hydrogen-bond acceptors (Lipinski definition) is 3. The van der Waals surface area contributed by atoms with Crippen molar-refractivity contribution in [3.05, 3.63) is 17.5 Å². The summed E-state index contributed by atoms with van der Waals surface area (Å²) in [4.78, 5) is 0. The monoisotopic (exact) mass is 209 g/mol. The Bertz CT molecular complexity index is 316. The number of rotatable bonds is 4. The van der Waals surface area contributed by atoms with Gasteiger partial charge in [-0.25, -0.2) is 4.68 Å². The van der Waals surface area contributed by atoms with E-state index in [1.54, 1.807) is 0 Å². The summed E-state index contributed by atoms with van der Waals surface area (Å²) < 4.78 is 7.63. The van der Waals surface area contributed by atoms with Crippen LogP contribution in [0.3, 0.4) is 0 Å². The van der Waals surface area contributed by atoms with E-state index in [0.29, 0.717) is 0 Å². The van der Waals surface area contributed by atoms with Crippen molar-refractivity contribution in [3.8, 4) is 0 Å². The maximum atomic E-state index is 5.61. The Balaban J connectivity index is 2.08. The topological polar surface area (TPSA) is 53.1 Å². The fraction of sp³-hybridized carbons (Fsp3) is 0.727. The van der Waals surface area contributed by atoms with Crippen molar-refractivity contribution in [1.29, 1.82) is 0 Å². The van der Waals surface area contributed by atoms with Gasteiger partial charge in [0, 0.05) is 12.3 Å². The summed E-state index contributed by atoms with van der Waals surface area (Å²) in [6, 6.07) is 0. The zero-order valence-electron chi connectivity index (χ0n) is 9.28. The molecule has 1 aliphatic heterocycles. The molecule has 2 N–H and O–H groups in total. The van der Waals surface area contributed by atoms with Gasteiger partial charge in [-0.2, -0.15) is 5.10 Å². The van der Waals surface area contributed by atoms with Gasteiger partial charge < -0.3 is 10.5 Å². The summed E-state index contributed by atoms with van der Waals surface area (Å²) in [5, 5.41) is 4.40. The highest BCUT2D eigenvalue weighted by Crippen LogP contribution is 2.24.